The molecule has 0 bridgehead atoms. The summed E-state index contributed by atoms with van der Waals surface area (Å²) in [6.45, 7) is 2.04. The lowest BCUT2D eigenvalue weighted by Gasteiger charge is -2.09. The van der Waals surface area contributed by atoms with E-state index < -0.39 is 12.1 Å². The Labute approximate surface area is 101 Å². The molecule has 0 saturated carbocycles. The predicted octanol–water partition coefficient (Wildman–Crippen LogP) is 2.45. The first-order valence-electron chi connectivity index (χ1n) is 4.93. The van der Waals surface area contributed by atoms with Gasteiger partial charge in [-0.3, -0.25) is 0 Å². The molecule has 86 valence electrons. The van der Waals surface area contributed by atoms with Crippen molar-refractivity contribution in [1.29, 1.82) is 0 Å². The van der Waals surface area contributed by atoms with E-state index in [1.54, 1.807) is 6.92 Å². The van der Waals surface area contributed by atoms with Crippen molar-refractivity contribution >= 4 is 21.9 Å². The summed E-state index contributed by atoms with van der Waals surface area (Å²) in [6.07, 6.45) is -0.308. The first-order valence-corrected chi connectivity index (χ1v) is 5.72. The zero-order valence-electron chi connectivity index (χ0n) is 8.63. The average molecular weight is 289 g/mol. The Morgan fingerprint density at radius 3 is 3.12 bits per heavy atom. The highest BCUT2D eigenvalue weighted by molar-refractivity contribution is 9.10. The van der Waals surface area contributed by atoms with Crippen LogP contribution in [0.25, 0.3) is 0 Å². The molecule has 3 nitrogen and oxygen atoms in total. The zero-order chi connectivity index (χ0) is 11.7. The van der Waals surface area contributed by atoms with E-state index in [4.69, 9.17) is 9.47 Å². The quantitative estimate of drug-likeness (QED) is 0.785. The summed E-state index contributed by atoms with van der Waals surface area (Å²) in [5.41, 5.74) is 0.685. The van der Waals surface area contributed by atoms with Crippen molar-refractivity contribution in [2.75, 3.05) is 6.61 Å². The second kappa shape index (κ2) is 4.41. The molecule has 0 aliphatic carbocycles. The monoisotopic (exact) mass is 288 g/mol. The minimum Gasteiger partial charge on any atom is -0.477 e. The molecule has 0 N–H and O–H groups in total. The van der Waals surface area contributed by atoms with Crippen molar-refractivity contribution in [3.63, 3.8) is 0 Å². The van der Waals surface area contributed by atoms with Gasteiger partial charge in [0.05, 0.1) is 11.1 Å². The van der Waals surface area contributed by atoms with Gasteiger partial charge in [-0.25, -0.2) is 9.18 Å². The smallest absolute Gasteiger partial charge is 0.347 e. The van der Waals surface area contributed by atoms with Crippen LogP contribution < -0.4 is 4.74 Å². The number of carbonyl (C=O) groups is 1. The SMILES string of the molecule is CCOC(=O)C1Cc2cc(F)cc(Br)c2O1. The number of rotatable bonds is 2. The number of halogens is 2. The van der Waals surface area contributed by atoms with E-state index in [1.807, 2.05) is 0 Å². The molecule has 16 heavy (non-hydrogen) atoms. The summed E-state index contributed by atoms with van der Waals surface area (Å²) in [5.74, 6) is -0.232. The zero-order valence-corrected chi connectivity index (χ0v) is 10.2. The maximum atomic E-state index is 13.1. The number of carbonyl (C=O) groups excluding carboxylic acids is 1. The highest BCUT2D eigenvalue weighted by atomic mass is 79.9. The lowest BCUT2D eigenvalue weighted by molar-refractivity contribution is -0.150. The maximum Gasteiger partial charge on any atom is 0.347 e. The maximum absolute atomic E-state index is 13.1. The molecule has 0 aromatic heterocycles. The molecule has 5 heteroatoms. The topological polar surface area (TPSA) is 35.5 Å². The van der Waals surface area contributed by atoms with E-state index in [1.165, 1.54) is 12.1 Å². The van der Waals surface area contributed by atoms with Gasteiger partial charge in [0, 0.05) is 12.0 Å². The number of ether oxygens (including phenoxy) is 2. The van der Waals surface area contributed by atoms with Crippen LogP contribution in [0.1, 0.15) is 12.5 Å². The third-order valence-corrected chi connectivity index (χ3v) is 2.89. The highest BCUT2D eigenvalue weighted by Gasteiger charge is 2.32. The molecule has 1 aliphatic rings. The molecule has 1 aromatic carbocycles. The Morgan fingerprint density at radius 2 is 2.44 bits per heavy atom. The summed E-state index contributed by atoms with van der Waals surface area (Å²) < 4.78 is 23.9. The Kier molecular flexibility index (Phi) is 3.14. The van der Waals surface area contributed by atoms with Gasteiger partial charge in [0.25, 0.3) is 0 Å². The van der Waals surface area contributed by atoms with Gasteiger partial charge in [-0.15, -0.1) is 0 Å². The van der Waals surface area contributed by atoms with Gasteiger partial charge in [-0.1, -0.05) is 0 Å². The molecule has 1 unspecified atom stereocenters. The van der Waals surface area contributed by atoms with Crippen LogP contribution in [-0.4, -0.2) is 18.7 Å². The third kappa shape index (κ3) is 2.04. The molecule has 1 heterocycles. The van der Waals surface area contributed by atoms with Gasteiger partial charge in [-0.05, 0) is 35.0 Å². The lowest BCUT2D eigenvalue weighted by atomic mass is 10.1. The van der Waals surface area contributed by atoms with Gasteiger partial charge in [-0.2, -0.15) is 0 Å². The lowest BCUT2D eigenvalue weighted by Crippen LogP contribution is -2.27. The second-order valence-corrected chi connectivity index (χ2v) is 4.29. The largest absolute Gasteiger partial charge is 0.477 e. The van der Waals surface area contributed by atoms with Crippen LogP contribution in [0.15, 0.2) is 16.6 Å². The van der Waals surface area contributed by atoms with Crippen molar-refractivity contribution in [2.24, 2.45) is 0 Å². The van der Waals surface area contributed by atoms with Crippen molar-refractivity contribution < 1.29 is 18.7 Å². The fraction of sp³-hybridized carbons (Fsp3) is 0.364. The van der Waals surface area contributed by atoms with E-state index >= 15 is 0 Å². The highest BCUT2D eigenvalue weighted by Crippen LogP contribution is 2.37. The molecule has 1 aliphatic heterocycles. The Morgan fingerprint density at radius 1 is 1.69 bits per heavy atom. The van der Waals surface area contributed by atoms with Crippen molar-refractivity contribution in [3.05, 3.63) is 28.0 Å². The van der Waals surface area contributed by atoms with Crippen LogP contribution in [0, 0.1) is 5.82 Å². The average Bonchev–Trinajstić information content (AvgIpc) is 2.62. The summed E-state index contributed by atoms with van der Waals surface area (Å²) in [7, 11) is 0. The van der Waals surface area contributed by atoms with Crippen molar-refractivity contribution in [3.8, 4) is 5.75 Å². The minimum absolute atomic E-state index is 0.310. The summed E-state index contributed by atoms with van der Waals surface area (Å²) in [4.78, 5) is 11.5. The number of benzene rings is 1. The first-order chi connectivity index (χ1) is 7.61. The van der Waals surface area contributed by atoms with Crippen LogP contribution in [0.2, 0.25) is 0 Å². The van der Waals surface area contributed by atoms with Gasteiger partial charge in [0.1, 0.15) is 11.6 Å². The summed E-state index contributed by atoms with van der Waals surface area (Å²) >= 11 is 3.20. The van der Waals surface area contributed by atoms with Crippen LogP contribution in [0.5, 0.6) is 5.75 Å². The Bertz CT molecular complexity index is 433. The van der Waals surface area contributed by atoms with E-state index in [2.05, 4.69) is 15.9 Å². The van der Waals surface area contributed by atoms with Crippen LogP contribution >= 0.6 is 15.9 Å². The third-order valence-electron chi connectivity index (χ3n) is 2.30. The minimum atomic E-state index is -0.659. The Balaban J connectivity index is 2.21. The molecule has 0 fully saturated rings. The van der Waals surface area contributed by atoms with Gasteiger partial charge < -0.3 is 9.47 Å². The normalized spacial score (nSPS) is 17.8. The van der Waals surface area contributed by atoms with Gasteiger partial charge >= 0.3 is 5.97 Å². The molecular weight excluding hydrogens is 279 g/mol. The number of hydrogen-bond acceptors (Lipinski definition) is 3. The molecule has 0 saturated heterocycles. The summed E-state index contributed by atoms with van der Waals surface area (Å²) in [6, 6.07) is 2.69. The number of esters is 1. The first kappa shape index (κ1) is 11.4. The molecule has 0 radical (unpaired) electrons. The molecule has 0 amide bonds. The standard InChI is InChI=1S/C11H10BrFO3/c1-2-15-11(14)9-4-6-3-7(13)5-8(12)10(6)16-9/h3,5,9H,2,4H2,1H3. The molecule has 2 rings (SSSR count). The van der Waals surface area contributed by atoms with E-state index in [9.17, 15) is 9.18 Å². The molecule has 0 spiro atoms. The van der Waals surface area contributed by atoms with Crippen LogP contribution in [0.4, 0.5) is 4.39 Å². The molecular formula is C11H10BrFO3. The predicted molar refractivity (Wildman–Crippen MR) is 58.9 cm³/mol. The number of fused-ring (bicyclic) bond motifs is 1. The van der Waals surface area contributed by atoms with Gasteiger partial charge in [0.2, 0.25) is 0 Å². The van der Waals surface area contributed by atoms with E-state index in [0.29, 0.717) is 28.8 Å². The number of hydrogen-bond donors (Lipinski definition) is 0. The van der Waals surface area contributed by atoms with Crippen LogP contribution in [0.3, 0.4) is 0 Å². The molecule has 1 atom stereocenters. The van der Waals surface area contributed by atoms with E-state index in [-0.39, 0.29) is 5.82 Å². The fourth-order valence-electron chi connectivity index (χ4n) is 1.65. The fourth-order valence-corrected chi connectivity index (χ4v) is 2.21. The van der Waals surface area contributed by atoms with Gasteiger partial charge in [0.15, 0.2) is 6.10 Å². The molecule has 1 aromatic rings. The van der Waals surface area contributed by atoms with Crippen molar-refractivity contribution in [1.82, 2.24) is 0 Å². The summed E-state index contributed by atoms with van der Waals surface area (Å²) in [5, 5.41) is 0. The van der Waals surface area contributed by atoms with E-state index in [0.717, 1.165) is 0 Å². The Hall–Kier alpha value is -1.10. The second-order valence-electron chi connectivity index (χ2n) is 3.44. The van der Waals surface area contributed by atoms with Crippen molar-refractivity contribution in [2.45, 2.75) is 19.4 Å². The van der Waals surface area contributed by atoms with Crippen LogP contribution in [-0.2, 0) is 16.0 Å².